The predicted octanol–water partition coefficient (Wildman–Crippen LogP) is 14.3. The van der Waals surface area contributed by atoms with Gasteiger partial charge in [0, 0.05) is 0 Å². The summed E-state index contributed by atoms with van der Waals surface area (Å²) in [4.78, 5) is 0. The third kappa shape index (κ3) is 9.66. The van der Waals surface area contributed by atoms with Crippen LogP contribution < -0.4 is 10.4 Å². The van der Waals surface area contributed by atoms with Crippen LogP contribution in [0.4, 0.5) is 0 Å². The van der Waals surface area contributed by atoms with Crippen LogP contribution in [0.3, 0.4) is 0 Å². The number of benzene rings is 6. The molecule has 0 nitrogen and oxygen atoms in total. The molecule has 8 aromatic rings. The van der Waals surface area contributed by atoms with E-state index in [2.05, 4.69) is 193 Å². The summed E-state index contributed by atoms with van der Waals surface area (Å²) in [6.07, 6.45) is 2.14. The van der Waals surface area contributed by atoms with Crippen LogP contribution in [0.2, 0.25) is 0 Å². The molecule has 8 aromatic carbocycles. The van der Waals surface area contributed by atoms with Crippen molar-refractivity contribution in [3.8, 4) is 33.4 Å². The Morgan fingerprint density at radius 3 is 1.48 bits per heavy atom. The second-order valence-electron chi connectivity index (χ2n) is 14.7. The van der Waals surface area contributed by atoms with Crippen LogP contribution in [0.15, 0.2) is 152 Å². The van der Waals surface area contributed by atoms with Crippen LogP contribution in [-0.2, 0) is 33.7 Å². The molecule has 0 N–H and O–H groups in total. The SMILES string of the molecule is CCc1ccc2[cH-]c(C(C)C)cc2c1-c1ccccc1.CCc1ccc2[cH-]c(C(C)C)cc2c1-c1ccccc1.[Cl][Zr][Cl].[c-]1cccc2c1[Si]c1ccccc1-2. The topological polar surface area (TPSA) is 0 Å². The van der Waals surface area contributed by atoms with Gasteiger partial charge in [0.1, 0.15) is 0 Å². The van der Waals surface area contributed by atoms with Crippen LogP contribution in [0, 0.1) is 6.07 Å². The van der Waals surface area contributed by atoms with Crippen molar-refractivity contribution < 1.29 is 20.8 Å². The first-order chi connectivity index (χ1) is 27.3. The monoisotopic (exact) mass is 861 g/mol. The number of hydrogen-bond donors (Lipinski definition) is 0. The van der Waals surface area contributed by atoms with Crippen LogP contribution in [0.5, 0.6) is 0 Å². The van der Waals surface area contributed by atoms with E-state index >= 15 is 0 Å². The van der Waals surface area contributed by atoms with Crippen molar-refractivity contribution in [3.63, 3.8) is 0 Å². The average molecular weight is 864 g/mol. The zero-order chi connectivity index (χ0) is 39.6. The molecule has 0 atom stereocenters. The minimum absolute atomic E-state index is 0.580. The second-order valence-corrected chi connectivity index (χ2v) is 19.8. The van der Waals surface area contributed by atoms with Gasteiger partial charge in [0.2, 0.25) is 0 Å². The van der Waals surface area contributed by atoms with E-state index in [-0.39, 0.29) is 0 Å². The predicted molar refractivity (Wildman–Crippen MR) is 244 cm³/mol. The van der Waals surface area contributed by atoms with E-state index in [1.807, 2.05) is 6.07 Å². The number of rotatable bonds is 6. The Kier molecular flexibility index (Phi) is 15.0. The van der Waals surface area contributed by atoms with Gasteiger partial charge in [-0.15, -0.1) is 74.6 Å². The summed E-state index contributed by atoms with van der Waals surface area (Å²) < 4.78 is 0. The van der Waals surface area contributed by atoms with Gasteiger partial charge in [-0.2, -0.15) is 41.6 Å². The van der Waals surface area contributed by atoms with Gasteiger partial charge in [0.15, 0.2) is 0 Å². The van der Waals surface area contributed by atoms with Crippen LogP contribution in [0.25, 0.3) is 54.9 Å². The molecule has 0 fully saturated rings. The first-order valence-electron chi connectivity index (χ1n) is 19.7. The minimum atomic E-state index is -0.826. The van der Waals surface area contributed by atoms with E-state index in [1.165, 1.54) is 87.6 Å². The number of hydrogen-bond acceptors (Lipinski definition) is 0. The molecule has 0 unspecified atom stereocenters. The number of aryl methyl sites for hydroxylation is 2. The van der Waals surface area contributed by atoms with Gasteiger partial charge in [-0.25, -0.2) is 0 Å². The molecule has 1 heterocycles. The Labute approximate surface area is 356 Å². The largest absolute Gasteiger partial charge is 0.184 e. The molecular formula is C52H49Cl2SiZr-3. The maximum Gasteiger partial charge on any atom is 0.0920 e. The average Bonchev–Trinajstić information content (AvgIpc) is 3.97. The van der Waals surface area contributed by atoms with Gasteiger partial charge >= 0.3 is 37.9 Å². The zero-order valence-corrected chi connectivity index (χ0v) is 38.2. The summed E-state index contributed by atoms with van der Waals surface area (Å²) in [5, 5.41) is 8.36. The molecule has 0 saturated heterocycles. The summed E-state index contributed by atoms with van der Waals surface area (Å²) in [6, 6.07) is 58.3. The molecule has 0 aliphatic carbocycles. The van der Waals surface area contributed by atoms with Gasteiger partial charge in [-0.05, 0) is 35.8 Å². The molecule has 4 heteroatoms. The third-order valence-corrected chi connectivity index (χ3v) is 11.9. The second kappa shape index (κ2) is 20.1. The molecule has 282 valence electrons. The third-order valence-electron chi connectivity index (χ3n) is 10.6. The molecule has 0 bridgehead atoms. The molecule has 1 aliphatic rings. The fraction of sp³-hybridized carbons (Fsp3) is 0.192. The molecule has 0 saturated carbocycles. The number of fused-ring (bicyclic) bond motifs is 5. The van der Waals surface area contributed by atoms with Crippen molar-refractivity contribution in [1.82, 2.24) is 0 Å². The molecular weight excluding hydrogens is 815 g/mol. The van der Waals surface area contributed by atoms with Crippen LogP contribution >= 0.6 is 17.0 Å². The summed E-state index contributed by atoms with van der Waals surface area (Å²) in [5.41, 5.74) is 14.0. The van der Waals surface area contributed by atoms with Crippen molar-refractivity contribution in [2.45, 2.75) is 66.2 Å². The van der Waals surface area contributed by atoms with E-state index in [9.17, 15) is 0 Å². The van der Waals surface area contributed by atoms with Crippen molar-refractivity contribution in [2.75, 3.05) is 0 Å². The molecule has 0 amide bonds. The van der Waals surface area contributed by atoms with Gasteiger partial charge in [0.25, 0.3) is 0 Å². The maximum absolute atomic E-state index is 4.93. The van der Waals surface area contributed by atoms with Gasteiger partial charge < -0.3 is 0 Å². The van der Waals surface area contributed by atoms with E-state index in [0.717, 1.165) is 22.4 Å². The van der Waals surface area contributed by atoms with E-state index < -0.39 is 20.8 Å². The molecule has 9 rings (SSSR count). The first kappa shape index (κ1) is 41.8. The molecule has 2 radical (unpaired) electrons. The Hall–Kier alpha value is -3.78. The minimum Gasteiger partial charge on any atom is -0.184 e. The van der Waals surface area contributed by atoms with Crippen molar-refractivity contribution in [1.29, 1.82) is 0 Å². The van der Waals surface area contributed by atoms with Crippen molar-refractivity contribution >= 4 is 58.5 Å². The molecule has 0 spiro atoms. The summed E-state index contributed by atoms with van der Waals surface area (Å²) in [6.45, 7) is 13.5. The van der Waals surface area contributed by atoms with E-state index in [0.29, 0.717) is 11.8 Å². The van der Waals surface area contributed by atoms with Gasteiger partial charge in [-0.1, -0.05) is 159 Å². The molecule has 1 aliphatic heterocycles. The van der Waals surface area contributed by atoms with Crippen molar-refractivity contribution in [3.05, 3.63) is 180 Å². The van der Waals surface area contributed by atoms with E-state index in [4.69, 9.17) is 17.0 Å². The normalized spacial score (nSPS) is 11.2. The summed E-state index contributed by atoms with van der Waals surface area (Å²) in [7, 11) is 10.7. The zero-order valence-electron chi connectivity index (χ0n) is 33.3. The van der Waals surface area contributed by atoms with Crippen LogP contribution in [0.1, 0.15) is 75.6 Å². The summed E-state index contributed by atoms with van der Waals surface area (Å²) in [5.74, 6) is 1.16. The Morgan fingerprint density at radius 2 is 1.02 bits per heavy atom. The van der Waals surface area contributed by atoms with Gasteiger partial charge in [-0.3, -0.25) is 0 Å². The first-order valence-corrected chi connectivity index (χ1v) is 27.0. The Bertz CT molecular complexity index is 2300. The Morgan fingerprint density at radius 1 is 0.571 bits per heavy atom. The summed E-state index contributed by atoms with van der Waals surface area (Å²) >= 11 is -0.826. The number of halogens is 2. The smallest absolute Gasteiger partial charge is 0.0920 e. The van der Waals surface area contributed by atoms with E-state index in [1.54, 1.807) is 0 Å². The quantitative estimate of drug-likeness (QED) is 0.115. The Balaban J connectivity index is 0.000000140. The standard InChI is InChI=1S/2C20H21.C12H7Si.2ClH.Zr/c2*1-4-15-10-11-17-12-18(14(2)3)13-19(17)20(15)16-8-6-5-7-9-16;1-3-7-11-9(5-1)10-6-2-4-8-12(10)13-11;;;/h2*5-14H,4H2,1-3H3;1-7H;2*1H;/q3*-1;;;+2/p-2. The van der Waals surface area contributed by atoms with Crippen LogP contribution in [-0.4, -0.2) is 9.52 Å². The molecule has 56 heavy (non-hydrogen) atoms. The fourth-order valence-electron chi connectivity index (χ4n) is 7.57. The fourth-order valence-corrected chi connectivity index (χ4v) is 8.88. The molecule has 0 aromatic heterocycles. The van der Waals surface area contributed by atoms with Crippen molar-refractivity contribution in [2.24, 2.45) is 0 Å². The van der Waals surface area contributed by atoms with Gasteiger partial charge in [0.05, 0.1) is 9.52 Å². The maximum atomic E-state index is 4.93.